The normalized spacial score (nSPS) is 14.4. The summed E-state index contributed by atoms with van der Waals surface area (Å²) in [6.45, 7) is 2.65. The molecule has 29 heavy (non-hydrogen) atoms. The van der Waals surface area contributed by atoms with Gasteiger partial charge in [-0.25, -0.2) is 9.18 Å². The Kier molecular flexibility index (Phi) is 7.08. The Morgan fingerprint density at radius 3 is 2.62 bits per heavy atom. The Morgan fingerprint density at radius 2 is 1.93 bits per heavy atom. The van der Waals surface area contributed by atoms with E-state index in [-0.39, 0.29) is 18.0 Å². The Balaban J connectivity index is 1.76. The maximum Gasteiger partial charge on any atom is 0.341 e. The first kappa shape index (κ1) is 20.7. The van der Waals surface area contributed by atoms with Gasteiger partial charge in [0, 0.05) is 19.2 Å². The highest BCUT2D eigenvalue weighted by molar-refractivity contribution is 6.16. The van der Waals surface area contributed by atoms with E-state index in [0.717, 1.165) is 5.56 Å². The number of carbonyl (C=O) groups excluding carboxylic acids is 1. The molecule has 3 rings (SSSR count). The Hall–Kier alpha value is -3.06. The molecule has 0 atom stereocenters. The molecule has 1 saturated heterocycles. The van der Waals surface area contributed by atoms with Crippen molar-refractivity contribution in [1.29, 1.82) is 0 Å². The lowest BCUT2D eigenvalue weighted by molar-refractivity contribution is -0.133. The van der Waals surface area contributed by atoms with Crippen molar-refractivity contribution in [1.82, 2.24) is 0 Å². The molecule has 0 amide bonds. The second-order valence-corrected chi connectivity index (χ2v) is 6.42. The number of morpholine rings is 1. The zero-order valence-electron chi connectivity index (χ0n) is 16.5. The van der Waals surface area contributed by atoms with E-state index < -0.39 is 5.97 Å². The van der Waals surface area contributed by atoms with Gasteiger partial charge in [0.1, 0.15) is 23.7 Å². The van der Waals surface area contributed by atoms with Crippen molar-refractivity contribution >= 4 is 17.2 Å². The van der Waals surface area contributed by atoms with Gasteiger partial charge in [-0.3, -0.25) is 0 Å². The Bertz CT molecular complexity index is 877. The second-order valence-electron chi connectivity index (χ2n) is 6.42. The first-order chi connectivity index (χ1) is 14.1. The van der Waals surface area contributed by atoms with Crippen LogP contribution in [0, 0.1) is 5.82 Å². The summed E-state index contributed by atoms with van der Waals surface area (Å²) in [6.07, 6.45) is 1.33. The number of halogens is 1. The van der Waals surface area contributed by atoms with Crippen LogP contribution in [0.1, 0.15) is 11.1 Å². The summed E-state index contributed by atoms with van der Waals surface area (Å²) < 4.78 is 35.5. The standard InChI is InChI=1S/C22H24FNO5/c1-26-15-19(22(25)27-2)18-6-4-3-5-16(18)14-29-17-7-8-21(20(23)13-17)24-9-11-28-12-10-24/h3-8,13,15H,9-12,14H2,1-2H3. The maximum absolute atomic E-state index is 14.6. The van der Waals surface area contributed by atoms with Gasteiger partial charge in [0.15, 0.2) is 0 Å². The number of hydrogen-bond acceptors (Lipinski definition) is 6. The number of ether oxygens (including phenoxy) is 4. The molecule has 0 unspecified atom stereocenters. The largest absolute Gasteiger partial charge is 0.503 e. The van der Waals surface area contributed by atoms with Crippen molar-refractivity contribution in [3.8, 4) is 5.75 Å². The molecule has 0 aliphatic carbocycles. The van der Waals surface area contributed by atoms with Gasteiger partial charge in [0.25, 0.3) is 0 Å². The Morgan fingerprint density at radius 1 is 1.17 bits per heavy atom. The predicted molar refractivity (Wildman–Crippen MR) is 107 cm³/mol. The molecule has 0 bridgehead atoms. The van der Waals surface area contributed by atoms with E-state index >= 15 is 0 Å². The number of rotatable bonds is 7. The maximum atomic E-state index is 14.6. The summed E-state index contributed by atoms with van der Waals surface area (Å²) in [6, 6.07) is 12.1. The summed E-state index contributed by atoms with van der Waals surface area (Å²) in [5, 5.41) is 0. The lowest BCUT2D eigenvalue weighted by Gasteiger charge is -2.29. The third kappa shape index (κ3) is 5.06. The molecule has 6 nitrogen and oxygen atoms in total. The molecule has 0 radical (unpaired) electrons. The highest BCUT2D eigenvalue weighted by Gasteiger charge is 2.18. The van der Waals surface area contributed by atoms with Crippen LogP contribution in [0.5, 0.6) is 5.75 Å². The molecule has 2 aromatic rings. The average Bonchev–Trinajstić information content (AvgIpc) is 2.76. The number of benzene rings is 2. The van der Waals surface area contributed by atoms with Crippen LogP contribution < -0.4 is 9.64 Å². The van der Waals surface area contributed by atoms with Gasteiger partial charge < -0.3 is 23.8 Å². The molecule has 0 aromatic heterocycles. The van der Waals surface area contributed by atoms with Crippen LogP contribution in [0.2, 0.25) is 0 Å². The van der Waals surface area contributed by atoms with Gasteiger partial charge in [-0.05, 0) is 23.3 Å². The fourth-order valence-electron chi connectivity index (χ4n) is 3.16. The van der Waals surface area contributed by atoms with Crippen molar-refractivity contribution in [3.05, 3.63) is 65.7 Å². The quantitative estimate of drug-likeness (QED) is 0.403. The first-order valence-electron chi connectivity index (χ1n) is 9.28. The highest BCUT2D eigenvalue weighted by Crippen LogP contribution is 2.27. The van der Waals surface area contributed by atoms with Crippen LogP contribution in [0.3, 0.4) is 0 Å². The van der Waals surface area contributed by atoms with Crippen LogP contribution >= 0.6 is 0 Å². The molecule has 1 heterocycles. The fourth-order valence-corrected chi connectivity index (χ4v) is 3.16. The third-order valence-corrected chi connectivity index (χ3v) is 4.61. The van der Waals surface area contributed by atoms with Crippen molar-refractivity contribution in [2.45, 2.75) is 6.61 Å². The van der Waals surface area contributed by atoms with E-state index in [1.807, 2.05) is 23.1 Å². The van der Waals surface area contributed by atoms with Crippen molar-refractivity contribution in [3.63, 3.8) is 0 Å². The van der Waals surface area contributed by atoms with Gasteiger partial charge in [0.05, 0.1) is 39.4 Å². The van der Waals surface area contributed by atoms with Crippen LogP contribution in [-0.4, -0.2) is 46.5 Å². The molecular formula is C22H24FNO5. The van der Waals surface area contributed by atoms with Crippen molar-refractivity contribution in [2.24, 2.45) is 0 Å². The summed E-state index contributed by atoms with van der Waals surface area (Å²) in [5.41, 5.74) is 2.20. The lowest BCUT2D eigenvalue weighted by atomic mass is 10.0. The number of methoxy groups -OCH3 is 2. The van der Waals surface area contributed by atoms with E-state index in [9.17, 15) is 9.18 Å². The van der Waals surface area contributed by atoms with E-state index in [1.54, 1.807) is 18.2 Å². The van der Waals surface area contributed by atoms with Crippen LogP contribution in [0.25, 0.3) is 5.57 Å². The molecule has 0 spiro atoms. The molecule has 0 saturated carbocycles. The molecule has 154 valence electrons. The van der Waals surface area contributed by atoms with Gasteiger partial charge in [-0.15, -0.1) is 0 Å². The van der Waals surface area contributed by atoms with Crippen molar-refractivity contribution in [2.75, 3.05) is 45.4 Å². The van der Waals surface area contributed by atoms with E-state index in [2.05, 4.69) is 0 Å². The van der Waals surface area contributed by atoms with Crippen LogP contribution in [0.15, 0.2) is 48.7 Å². The topological polar surface area (TPSA) is 57.2 Å². The molecule has 1 aliphatic rings. The summed E-state index contributed by atoms with van der Waals surface area (Å²) in [4.78, 5) is 14.0. The predicted octanol–water partition coefficient (Wildman–Crippen LogP) is 3.40. The molecule has 1 aliphatic heterocycles. The first-order valence-corrected chi connectivity index (χ1v) is 9.28. The summed E-state index contributed by atoms with van der Waals surface area (Å²) >= 11 is 0. The molecule has 2 aromatic carbocycles. The second kappa shape index (κ2) is 9.93. The van der Waals surface area contributed by atoms with Crippen LogP contribution in [0.4, 0.5) is 10.1 Å². The van der Waals surface area contributed by atoms with Crippen LogP contribution in [-0.2, 0) is 25.6 Å². The number of nitrogens with zero attached hydrogens (tertiary/aromatic N) is 1. The van der Waals surface area contributed by atoms with Gasteiger partial charge in [0.2, 0.25) is 0 Å². The Labute approximate surface area is 169 Å². The summed E-state index contributed by atoms with van der Waals surface area (Å²) in [7, 11) is 2.77. The minimum atomic E-state index is -0.514. The van der Waals surface area contributed by atoms with E-state index in [4.69, 9.17) is 18.9 Å². The number of carbonyl (C=O) groups is 1. The molecular weight excluding hydrogens is 377 g/mol. The SMILES string of the molecule is COC=C(C(=O)OC)c1ccccc1COc1ccc(N2CCOCC2)c(F)c1. The third-order valence-electron chi connectivity index (χ3n) is 4.61. The fraction of sp³-hybridized carbons (Fsp3) is 0.318. The molecule has 1 fully saturated rings. The minimum Gasteiger partial charge on any atom is -0.503 e. The zero-order valence-corrected chi connectivity index (χ0v) is 16.5. The van der Waals surface area contributed by atoms with Gasteiger partial charge in [-0.1, -0.05) is 24.3 Å². The molecule has 7 heteroatoms. The number of anilines is 1. The smallest absolute Gasteiger partial charge is 0.341 e. The van der Waals surface area contributed by atoms with Gasteiger partial charge >= 0.3 is 5.97 Å². The summed E-state index contributed by atoms with van der Waals surface area (Å²) in [5.74, 6) is -0.447. The molecule has 0 N–H and O–H groups in total. The van der Waals surface area contributed by atoms with E-state index in [0.29, 0.717) is 43.3 Å². The van der Waals surface area contributed by atoms with E-state index in [1.165, 1.54) is 26.5 Å². The zero-order chi connectivity index (χ0) is 20.6. The number of hydrogen-bond donors (Lipinski definition) is 0. The number of esters is 1. The van der Waals surface area contributed by atoms with Crippen molar-refractivity contribution < 1.29 is 28.1 Å². The average molecular weight is 401 g/mol. The van der Waals surface area contributed by atoms with Gasteiger partial charge in [-0.2, -0.15) is 0 Å². The minimum absolute atomic E-state index is 0.157. The lowest BCUT2D eigenvalue weighted by Crippen LogP contribution is -2.36. The highest BCUT2D eigenvalue weighted by atomic mass is 19.1. The monoisotopic (exact) mass is 401 g/mol.